The van der Waals surface area contributed by atoms with Crippen LogP contribution in [-0.4, -0.2) is 21.5 Å². The number of anilines is 1. The first-order chi connectivity index (χ1) is 10.6. The Kier molecular flexibility index (Phi) is 3.72. The topological polar surface area (TPSA) is 79.8 Å². The van der Waals surface area contributed by atoms with E-state index >= 15 is 0 Å². The van der Waals surface area contributed by atoms with E-state index in [0.717, 1.165) is 5.56 Å². The number of guanidine groups is 1. The molecular formula is C15H15N3O3S. The quantitative estimate of drug-likeness (QED) is 0.907. The molecule has 1 aliphatic rings. The average Bonchev–Trinajstić information content (AvgIpc) is 2.53. The fraction of sp³-hybridized carbons (Fsp3) is 0.133. The third-order valence-electron chi connectivity index (χ3n) is 3.22. The first kappa shape index (κ1) is 14.4. The van der Waals surface area contributed by atoms with Crippen molar-refractivity contribution in [2.45, 2.75) is 11.4 Å². The van der Waals surface area contributed by atoms with Crippen molar-refractivity contribution in [2.24, 2.45) is 4.99 Å². The number of nitrogens with zero attached hydrogens (tertiary/aromatic N) is 1. The van der Waals surface area contributed by atoms with Gasteiger partial charge in [0.2, 0.25) is 5.96 Å². The van der Waals surface area contributed by atoms with Crippen molar-refractivity contribution in [1.29, 1.82) is 0 Å². The zero-order chi connectivity index (χ0) is 15.6. The van der Waals surface area contributed by atoms with Gasteiger partial charge >= 0.3 is 0 Å². The molecule has 114 valence electrons. The first-order valence-corrected chi connectivity index (χ1v) is 8.13. The summed E-state index contributed by atoms with van der Waals surface area (Å²) in [6, 6.07) is 14.4. The van der Waals surface area contributed by atoms with Crippen molar-refractivity contribution in [2.75, 3.05) is 12.4 Å². The van der Waals surface area contributed by atoms with Crippen LogP contribution in [0.15, 0.2) is 58.4 Å². The van der Waals surface area contributed by atoms with Crippen LogP contribution in [0.4, 0.5) is 5.69 Å². The number of hydrogen-bond acceptors (Lipinski definition) is 4. The number of methoxy groups -OCH3 is 1. The van der Waals surface area contributed by atoms with Crippen LogP contribution in [0.1, 0.15) is 5.56 Å². The summed E-state index contributed by atoms with van der Waals surface area (Å²) in [7, 11) is -2.16. The van der Waals surface area contributed by atoms with Gasteiger partial charge in [-0.1, -0.05) is 30.3 Å². The molecule has 1 aliphatic heterocycles. The molecule has 0 atom stereocenters. The molecule has 7 heteroatoms. The van der Waals surface area contributed by atoms with Crippen LogP contribution in [0.3, 0.4) is 0 Å². The maximum absolute atomic E-state index is 12.3. The maximum atomic E-state index is 12.3. The molecule has 22 heavy (non-hydrogen) atoms. The van der Waals surface area contributed by atoms with E-state index in [-0.39, 0.29) is 10.9 Å². The highest BCUT2D eigenvalue weighted by atomic mass is 32.2. The number of aliphatic imine (C=N–C) groups is 1. The van der Waals surface area contributed by atoms with Crippen LogP contribution >= 0.6 is 0 Å². The molecule has 2 aromatic rings. The van der Waals surface area contributed by atoms with Gasteiger partial charge in [0, 0.05) is 6.07 Å². The van der Waals surface area contributed by atoms with Crippen LogP contribution < -0.4 is 14.8 Å². The summed E-state index contributed by atoms with van der Waals surface area (Å²) >= 11 is 0. The second-order valence-corrected chi connectivity index (χ2v) is 6.39. The van der Waals surface area contributed by atoms with Crippen molar-refractivity contribution in [3.05, 3.63) is 54.1 Å². The summed E-state index contributed by atoms with van der Waals surface area (Å²) in [5, 5.41) is 2.98. The van der Waals surface area contributed by atoms with Gasteiger partial charge in [0.15, 0.2) is 0 Å². The van der Waals surface area contributed by atoms with Crippen molar-refractivity contribution in [1.82, 2.24) is 4.72 Å². The van der Waals surface area contributed by atoms with Gasteiger partial charge in [-0.25, -0.2) is 18.1 Å². The van der Waals surface area contributed by atoms with E-state index in [0.29, 0.717) is 18.0 Å². The number of nitrogens with one attached hydrogen (secondary N) is 2. The zero-order valence-electron chi connectivity index (χ0n) is 11.9. The minimum absolute atomic E-state index is 0.144. The van der Waals surface area contributed by atoms with Gasteiger partial charge < -0.3 is 10.1 Å². The van der Waals surface area contributed by atoms with E-state index in [2.05, 4.69) is 15.0 Å². The Hall–Kier alpha value is -2.54. The summed E-state index contributed by atoms with van der Waals surface area (Å²) < 4.78 is 32.0. The Labute approximate surface area is 128 Å². The van der Waals surface area contributed by atoms with Gasteiger partial charge in [0.25, 0.3) is 10.0 Å². The minimum Gasteiger partial charge on any atom is -0.497 e. The Bertz CT molecular complexity index is 817. The van der Waals surface area contributed by atoms with E-state index in [4.69, 9.17) is 4.74 Å². The predicted octanol–water partition coefficient (Wildman–Crippen LogP) is 1.96. The van der Waals surface area contributed by atoms with Crippen molar-refractivity contribution in [3.8, 4) is 5.75 Å². The molecule has 0 aromatic heterocycles. The Balaban J connectivity index is 1.89. The average molecular weight is 317 g/mol. The van der Waals surface area contributed by atoms with Gasteiger partial charge in [-0.3, -0.25) is 0 Å². The lowest BCUT2D eigenvalue weighted by molar-refractivity contribution is 0.413. The van der Waals surface area contributed by atoms with Gasteiger partial charge in [0.05, 0.1) is 19.3 Å². The molecule has 0 amide bonds. The summed E-state index contributed by atoms with van der Waals surface area (Å²) in [5.74, 6) is 0.692. The number of ether oxygens (including phenoxy) is 1. The molecule has 0 bridgehead atoms. The molecule has 0 radical (unpaired) electrons. The van der Waals surface area contributed by atoms with Crippen molar-refractivity contribution < 1.29 is 13.2 Å². The lowest BCUT2D eigenvalue weighted by atomic mass is 10.2. The van der Waals surface area contributed by atoms with Gasteiger partial charge in [0.1, 0.15) is 10.6 Å². The van der Waals surface area contributed by atoms with Gasteiger partial charge in [-0.15, -0.1) is 0 Å². The van der Waals surface area contributed by atoms with Crippen molar-refractivity contribution >= 4 is 21.7 Å². The summed E-state index contributed by atoms with van der Waals surface area (Å²) in [6.45, 7) is 0.386. The monoisotopic (exact) mass is 317 g/mol. The van der Waals surface area contributed by atoms with Crippen LogP contribution in [-0.2, 0) is 16.6 Å². The van der Waals surface area contributed by atoms with Crippen LogP contribution in [0.25, 0.3) is 0 Å². The van der Waals surface area contributed by atoms with Crippen LogP contribution in [0.2, 0.25) is 0 Å². The van der Waals surface area contributed by atoms with Crippen LogP contribution in [0.5, 0.6) is 5.75 Å². The van der Waals surface area contributed by atoms with Crippen molar-refractivity contribution in [3.63, 3.8) is 0 Å². The maximum Gasteiger partial charge on any atom is 0.266 e. The third-order valence-corrected chi connectivity index (χ3v) is 4.60. The van der Waals surface area contributed by atoms with Crippen LogP contribution in [0, 0.1) is 0 Å². The number of sulfonamides is 1. The molecule has 0 saturated heterocycles. The van der Waals surface area contributed by atoms with E-state index in [1.165, 1.54) is 13.2 Å². The third kappa shape index (κ3) is 2.89. The molecule has 2 aromatic carbocycles. The Morgan fingerprint density at radius 2 is 1.91 bits per heavy atom. The normalized spacial score (nSPS) is 17.2. The van der Waals surface area contributed by atoms with Gasteiger partial charge in [-0.05, 0) is 17.7 Å². The van der Waals surface area contributed by atoms with E-state index < -0.39 is 10.0 Å². The lowest BCUT2D eigenvalue weighted by Gasteiger charge is -2.21. The molecule has 2 N–H and O–H groups in total. The predicted molar refractivity (Wildman–Crippen MR) is 84.5 cm³/mol. The highest BCUT2D eigenvalue weighted by Gasteiger charge is 2.26. The summed E-state index contributed by atoms with van der Waals surface area (Å²) in [6.07, 6.45) is 0. The second kappa shape index (κ2) is 5.69. The lowest BCUT2D eigenvalue weighted by Crippen LogP contribution is -2.40. The Morgan fingerprint density at radius 3 is 2.64 bits per heavy atom. The Morgan fingerprint density at radius 1 is 1.14 bits per heavy atom. The molecule has 0 saturated carbocycles. The minimum atomic E-state index is -3.65. The van der Waals surface area contributed by atoms with E-state index in [9.17, 15) is 8.42 Å². The number of rotatable bonds is 3. The summed E-state index contributed by atoms with van der Waals surface area (Å²) in [5.41, 5.74) is 1.47. The molecule has 0 unspecified atom stereocenters. The standard InChI is InChI=1S/C15H15N3O3S/c1-21-12-7-8-13-14(9-12)22(19,20)18-15(17-13)16-10-11-5-3-2-4-6-11/h2-9H,10H2,1H3,(H2,16,17,18). The molecule has 1 heterocycles. The molecule has 3 rings (SSSR count). The van der Waals surface area contributed by atoms with E-state index in [1.807, 2.05) is 30.3 Å². The first-order valence-electron chi connectivity index (χ1n) is 6.65. The number of hydrogen-bond donors (Lipinski definition) is 2. The molecule has 0 spiro atoms. The molecule has 0 aliphatic carbocycles. The second-order valence-electron chi connectivity index (χ2n) is 4.74. The SMILES string of the molecule is COc1ccc2c(c1)S(=O)(=O)NC(=NCc1ccccc1)N2. The molecule has 6 nitrogen and oxygen atoms in total. The number of fused-ring (bicyclic) bond motifs is 1. The molecule has 0 fully saturated rings. The highest BCUT2D eigenvalue weighted by Crippen LogP contribution is 2.28. The zero-order valence-corrected chi connectivity index (χ0v) is 12.7. The smallest absolute Gasteiger partial charge is 0.266 e. The largest absolute Gasteiger partial charge is 0.497 e. The fourth-order valence-electron chi connectivity index (χ4n) is 2.12. The summed E-state index contributed by atoms with van der Waals surface area (Å²) in [4.78, 5) is 4.42. The van der Waals surface area contributed by atoms with E-state index in [1.54, 1.807) is 12.1 Å². The number of benzene rings is 2. The molecular weight excluding hydrogens is 302 g/mol. The highest BCUT2D eigenvalue weighted by molar-refractivity contribution is 7.90. The van der Waals surface area contributed by atoms with Gasteiger partial charge in [-0.2, -0.15) is 0 Å². The fourth-order valence-corrected chi connectivity index (χ4v) is 3.28.